The van der Waals surface area contributed by atoms with Gasteiger partial charge in [-0.25, -0.2) is 0 Å². The molecule has 1 aromatic carbocycles. The predicted octanol–water partition coefficient (Wildman–Crippen LogP) is 1.35. The van der Waals surface area contributed by atoms with Gasteiger partial charge in [0.25, 0.3) is 0 Å². The normalized spacial score (nSPS) is 11.7. The Hall–Kier alpha value is 0.383. The van der Waals surface area contributed by atoms with Crippen LogP contribution in [0.15, 0.2) is 30.3 Å². The van der Waals surface area contributed by atoms with Crippen molar-refractivity contribution in [2.75, 3.05) is 24.6 Å². The van der Waals surface area contributed by atoms with Crippen LogP contribution in [-0.4, -0.2) is 35.6 Å². The van der Waals surface area contributed by atoms with Crippen LogP contribution in [0.5, 0.6) is 0 Å². The van der Waals surface area contributed by atoms with E-state index in [2.05, 4.69) is 56.3 Å². The Labute approximate surface area is 107 Å². The standard InChI is InChI=1S/C11H20GeN2S2/c1-12(15-9-7-13,16-10-8-14)11-5-3-2-4-6-11/h2-6H,7-10,13-14H2,1H3. The Morgan fingerprint density at radius 1 is 1.00 bits per heavy atom. The first-order valence-electron chi connectivity index (χ1n) is 5.46. The fourth-order valence-corrected chi connectivity index (χ4v) is 18.9. The van der Waals surface area contributed by atoms with Crippen molar-refractivity contribution in [2.45, 2.75) is 5.76 Å². The third kappa shape index (κ3) is 4.33. The van der Waals surface area contributed by atoms with Gasteiger partial charge in [0, 0.05) is 0 Å². The minimum atomic E-state index is -2.04. The van der Waals surface area contributed by atoms with E-state index in [1.807, 2.05) is 0 Å². The van der Waals surface area contributed by atoms with E-state index in [4.69, 9.17) is 11.5 Å². The van der Waals surface area contributed by atoms with Crippen molar-refractivity contribution >= 4 is 35.6 Å². The van der Waals surface area contributed by atoms with Gasteiger partial charge in [-0.2, -0.15) is 0 Å². The molecule has 0 aliphatic heterocycles. The summed E-state index contributed by atoms with van der Waals surface area (Å²) in [6, 6.07) is 10.9. The molecular formula is C11H20GeN2S2. The second-order valence-electron chi connectivity index (χ2n) is 3.59. The molecule has 0 aliphatic carbocycles. The molecule has 16 heavy (non-hydrogen) atoms. The molecule has 90 valence electrons. The molecule has 0 unspecified atom stereocenters. The zero-order chi connectivity index (χ0) is 11.9. The van der Waals surface area contributed by atoms with Gasteiger partial charge in [0.05, 0.1) is 0 Å². The summed E-state index contributed by atoms with van der Waals surface area (Å²) < 4.78 is 1.53. The van der Waals surface area contributed by atoms with E-state index in [1.165, 1.54) is 4.40 Å². The van der Waals surface area contributed by atoms with Crippen molar-refractivity contribution in [3.05, 3.63) is 30.3 Å². The van der Waals surface area contributed by atoms with Crippen LogP contribution >= 0.6 is 20.2 Å². The molecule has 0 amide bonds. The minimum absolute atomic E-state index is 0.765. The first-order chi connectivity index (χ1) is 7.73. The van der Waals surface area contributed by atoms with Crippen LogP contribution in [0.4, 0.5) is 0 Å². The molecule has 2 nitrogen and oxygen atoms in total. The zero-order valence-corrected chi connectivity index (χ0v) is 13.4. The quantitative estimate of drug-likeness (QED) is 0.746. The number of hydrogen-bond acceptors (Lipinski definition) is 4. The van der Waals surface area contributed by atoms with E-state index in [-0.39, 0.29) is 0 Å². The molecule has 0 radical (unpaired) electrons. The molecule has 0 spiro atoms. The van der Waals surface area contributed by atoms with Gasteiger partial charge in [-0.1, -0.05) is 0 Å². The molecule has 0 saturated carbocycles. The van der Waals surface area contributed by atoms with Gasteiger partial charge >= 0.3 is 108 Å². The third-order valence-corrected chi connectivity index (χ3v) is 22.8. The zero-order valence-electron chi connectivity index (χ0n) is 9.69. The molecule has 0 aliphatic rings. The third-order valence-electron chi connectivity index (χ3n) is 2.29. The SMILES string of the molecule is [CH3][Ge]([S]CCN)([S]CCN)[c]1ccccc1. The number of benzene rings is 1. The van der Waals surface area contributed by atoms with Gasteiger partial charge in [0.2, 0.25) is 0 Å². The molecule has 0 saturated heterocycles. The number of hydrogen-bond donors (Lipinski definition) is 2. The van der Waals surface area contributed by atoms with E-state index in [0.29, 0.717) is 0 Å². The summed E-state index contributed by atoms with van der Waals surface area (Å²) in [6.45, 7) is 1.53. The number of rotatable bonds is 7. The van der Waals surface area contributed by atoms with Crippen molar-refractivity contribution in [3.8, 4) is 0 Å². The number of nitrogens with two attached hydrogens (primary N) is 2. The molecule has 1 aromatic rings. The van der Waals surface area contributed by atoms with Crippen LogP contribution in [0.3, 0.4) is 0 Å². The van der Waals surface area contributed by atoms with E-state index in [0.717, 1.165) is 24.6 Å². The first-order valence-corrected chi connectivity index (χ1v) is 15.7. The van der Waals surface area contributed by atoms with Crippen LogP contribution in [0, 0.1) is 0 Å². The molecule has 1 rings (SSSR count). The summed E-state index contributed by atoms with van der Waals surface area (Å²) in [6.07, 6.45) is 0. The topological polar surface area (TPSA) is 52.0 Å². The van der Waals surface area contributed by atoms with Gasteiger partial charge in [-0.3, -0.25) is 0 Å². The summed E-state index contributed by atoms with van der Waals surface area (Å²) in [5.74, 6) is 4.56. The van der Waals surface area contributed by atoms with Crippen molar-refractivity contribution in [3.63, 3.8) is 0 Å². The van der Waals surface area contributed by atoms with Crippen LogP contribution in [0.2, 0.25) is 5.76 Å². The van der Waals surface area contributed by atoms with Gasteiger partial charge in [0.1, 0.15) is 0 Å². The second kappa shape index (κ2) is 7.66. The maximum absolute atomic E-state index is 5.62. The van der Waals surface area contributed by atoms with Crippen LogP contribution in [-0.2, 0) is 0 Å². The van der Waals surface area contributed by atoms with Crippen LogP contribution < -0.4 is 15.9 Å². The van der Waals surface area contributed by atoms with E-state index in [1.54, 1.807) is 0 Å². The monoisotopic (exact) mass is 318 g/mol. The van der Waals surface area contributed by atoms with Crippen LogP contribution in [0.1, 0.15) is 0 Å². The molecule has 0 atom stereocenters. The molecule has 5 heteroatoms. The molecular weight excluding hydrogens is 297 g/mol. The Bertz CT molecular complexity index is 287. The van der Waals surface area contributed by atoms with E-state index < -0.39 is 11.0 Å². The average molecular weight is 317 g/mol. The molecule has 4 N–H and O–H groups in total. The average Bonchev–Trinajstić information content (AvgIpc) is 2.35. The molecule has 0 aromatic heterocycles. The van der Waals surface area contributed by atoms with Crippen molar-refractivity contribution in [1.29, 1.82) is 0 Å². The summed E-state index contributed by atoms with van der Waals surface area (Å²) in [5, 5.41) is 0. The fourth-order valence-electron chi connectivity index (χ4n) is 1.46. The molecule has 0 heterocycles. The Kier molecular flexibility index (Phi) is 6.91. The Balaban J connectivity index is 2.77. The summed E-state index contributed by atoms with van der Waals surface area (Å²) >= 11 is 0. The Morgan fingerprint density at radius 3 is 1.94 bits per heavy atom. The summed E-state index contributed by atoms with van der Waals surface area (Å²) in [7, 11) is 2.13. The van der Waals surface area contributed by atoms with Crippen molar-refractivity contribution in [1.82, 2.24) is 0 Å². The predicted molar refractivity (Wildman–Crippen MR) is 80.7 cm³/mol. The van der Waals surface area contributed by atoms with E-state index >= 15 is 0 Å². The van der Waals surface area contributed by atoms with Crippen LogP contribution in [0.25, 0.3) is 0 Å². The molecule has 0 fully saturated rings. The molecule has 0 bridgehead atoms. The van der Waals surface area contributed by atoms with Gasteiger partial charge in [-0.15, -0.1) is 0 Å². The van der Waals surface area contributed by atoms with Crippen molar-refractivity contribution in [2.24, 2.45) is 11.5 Å². The maximum atomic E-state index is 5.62. The van der Waals surface area contributed by atoms with E-state index in [9.17, 15) is 0 Å². The first kappa shape index (κ1) is 14.4. The summed E-state index contributed by atoms with van der Waals surface area (Å²) in [5.41, 5.74) is 11.2. The van der Waals surface area contributed by atoms with Gasteiger partial charge in [0.15, 0.2) is 0 Å². The fraction of sp³-hybridized carbons (Fsp3) is 0.455. The van der Waals surface area contributed by atoms with Gasteiger partial charge < -0.3 is 0 Å². The van der Waals surface area contributed by atoms with Crippen molar-refractivity contribution < 1.29 is 0 Å². The summed E-state index contributed by atoms with van der Waals surface area (Å²) in [4.78, 5) is 0. The van der Waals surface area contributed by atoms with Gasteiger partial charge in [-0.05, 0) is 0 Å². The second-order valence-corrected chi connectivity index (χ2v) is 23.6. The Morgan fingerprint density at radius 2 is 1.50 bits per heavy atom.